The van der Waals surface area contributed by atoms with Gasteiger partial charge in [0.15, 0.2) is 0 Å². The molecule has 144 valence electrons. The van der Waals surface area contributed by atoms with Crippen molar-refractivity contribution < 1.29 is 14.0 Å². The molecule has 2 aromatic heterocycles. The molecule has 3 aromatic rings. The topological polar surface area (TPSA) is 62.6 Å². The second-order valence-electron chi connectivity index (χ2n) is 6.47. The number of thioether (sulfide) groups is 1. The van der Waals surface area contributed by atoms with E-state index in [2.05, 4.69) is 5.32 Å². The molecule has 3 heterocycles. The maximum absolute atomic E-state index is 13.1. The van der Waals surface area contributed by atoms with Crippen LogP contribution in [0.5, 0.6) is 0 Å². The first kappa shape index (κ1) is 18.8. The Balaban J connectivity index is 1.48. The van der Waals surface area contributed by atoms with Gasteiger partial charge in [-0.25, -0.2) is 0 Å². The fraction of sp³-hybridized carbons (Fsp3) is 0.238. The molecule has 0 bridgehead atoms. The molecule has 0 aliphatic carbocycles. The largest absolute Gasteiger partial charge is 0.472 e. The number of carbonyl (C=O) groups excluding carboxylic acids is 2. The standard InChI is InChI=1S/C21H20N2O3S2/c24-19(22-10-8-15-5-2-1-3-6-15)17-14-28-21(16-9-11-26-13-16)23(17)20(25)18-7-4-12-27-18/h1-7,9,11-13,17,21H,8,10,14H2,(H,22,24). The second-order valence-corrected chi connectivity index (χ2v) is 8.54. The Morgan fingerprint density at radius 3 is 2.71 bits per heavy atom. The average Bonchev–Trinajstić information content (AvgIpc) is 3.49. The third kappa shape index (κ3) is 4.00. The number of rotatable bonds is 6. The van der Waals surface area contributed by atoms with Crippen molar-refractivity contribution in [3.05, 3.63) is 82.4 Å². The molecule has 0 spiro atoms. The lowest BCUT2D eigenvalue weighted by Gasteiger charge is -2.28. The molecule has 1 aromatic carbocycles. The van der Waals surface area contributed by atoms with Gasteiger partial charge in [-0.15, -0.1) is 23.1 Å². The van der Waals surface area contributed by atoms with E-state index in [-0.39, 0.29) is 17.2 Å². The van der Waals surface area contributed by atoms with Crippen molar-refractivity contribution in [2.45, 2.75) is 17.8 Å². The van der Waals surface area contributed by atoms with E-state index in [0.29, 0.717) is 17.2 Å². The van der Waals surface area contributed by atoms with Gasteiger partial charge in [-0.3, -0.25) is 9.59 Å². The first-order valence-corrected chi connectivity index (χ1v) is 11.0. The molecule has 28 heavy (non-hydrogen) atoms. The summed E-state index contributed by atoms with van der Waals surface area (Å²) in [4.78, 5) is 28.4. The van der Waals surface area contributed by atoms with Crippen LogP contribution in [-0.4, -0.2) is 35.1 Å². The molecular formula is C21H20N2O3S2. The molecule has 0 radical (unpaired) electrons. The van der Waals surface area contributed by atoms with Crippen molar-refractivity contribution >= 4 is 34.9 Å². The number of nitrogens with one attached hydrogen (secondary N) is 1. The van der Waals surface area contributed by atoms with Crippen molar-refractivity contribution in [2.75, 3.05) is 12.3 Å². The zero-order chi connectivity index (χ0) is 19.3. The number of benzene rings is 1. The minimum Gasteiger partial charge on any atom is -0.472 e. The Bertz CT molecular complexity index is 911. The maximum atomic E-state index is 13.1. The summed E-state index contributed by atoms with van der Waals surface area (Å²) in [5, 5.41) is 4.65. The van der Waals surface area contributed by atoms with E-state index in [1.165, 1.54) is 16.9 Å². The van der Waals surface area contributed by atoms with E-state index >= 15 is 0 Å². The molecule has 0 saturated carbocycles. The molecule has 1 aliphatic rings. The number of hydrogen-bond donors (Lipinski definition) is 1. The Hall–Kier alpha value is -2.51. The van der Waals surface area contributed by atoms with E-state index in [1.807, 2.05) is 47.8 Å². The molecule has 1 saturated heterocycles. The third-order valence-corrected chi connectivity index (χ3v) is 6.83. The zero-order valence-electron chi connectivity index (χ0n) is 15.1. The Kier molecular flexibility index (Phi) is 5.83. The van der Waals surface area contributed by atoms with Crippen LogP contribution in [0.2, 0.25) is 0 Å². The average molecular weight is 413 g/mol. The summed E-state index contributed by atoms with van der Waals surface area (Å²) in [6.45, 7) is 0.543. The molecule has 1 aliphatic heterocycles. The SMILES string of the molecule is O=C(NCCc1ccccc1)C1CSC(c2ccoc2)N1C(=O)c1cccs1. The molecule has 7 heteroatoms. The molecule has 2 amide bonds. The lowest BCUT2D eigenvalue weighted by Crippen LogP contribution is -2.48. The highest BCUT2D eigenvalue weighted by Gasteiger charge is 2.43. The van der Waals surface area contributed by atoms with Gasteiger partial charge in [-0.2, -0.15) is 0 Å². The van der Waals surface area contributed by atoms with Crippen molar-refractivity contribution in [3.63, 3.8) is 0 Å². The fourth-order valence-electron chi connectivity index (χ4n) is 3.25. The monoisotopic (exact) mass is 412 g/mol. The van der Waals surface area contributed by atoms with Gasteiger partial charge in [-0.05, 0) is 29.5 Å². The highest BCUT2D eigenvalue weighted by atomic mass is 32.2. The third-order valence-electron chi connectivity index (χ3n) is 4.65. The van der Waals surface area contributed by atoms with Crippen LogP contribution in [0.25, 0.3) is 0 Å². The number of amides is 2. The Morgan fingerprint density at radius 2 is 2.00 bits per heavy atom. The summed E-state index contributed by atoms with van der Waals surface area (Å²) in [7, 11) is 0. The van der Waals surface area contributed by atoms with Crippen LogP contribution in [0.3, 0.4) is 0 Å². The first-order chi connectivity index (χ1) is 13.7. The van der Waals surface area contributed by atoms with Crippen LogP contribution < -0.4 is 5.32 Å². The van der Waals surface area contributed by atoms with Crippen LogP contribution in [0.4, 0.5) is 0 Å². The lowest BCUT2D eigenvalue weighted by molar-refractivity contribution is -0.124. The van der Waals surface area contributed by atoms with Crippen LogP contribution in [0, 0.1) is 0 Å². The van der Waals surface area contributed by atoms with Crippen molar-refractivity contribution in [1.82, 2.24) is 10.2 Å². The van der Waals surface area contributed by atoms with Crippen molar-refractivity contribution in [1.29, 1.82) is 0 Å². The second kappa shape index (κ2) is 8.67. The smallest absolute Gasteiger partial charge is 0.265 e. The minimum atomic E-state index is -0.504. The fourth-order valence-corrected chi connectivity index (χ4v) is 5.32. The minimum absolute atomic E-state index is 0.112. The summed E-state index contributed by atoms with van der Waals surface area (Å²) in [6.07, 6.45) is 4.00. The van der Waals surface area contributed by atoms with E-state index < -0.39 is 6.04 Å². The van der Waals surface area contributed by atoms with E-state index in [9.17, 15) is 9.59 Å². The molecule has 4 rings (SSSR count). The normalized spacial score (nSPS) is 18.9. The Labute approximate surface area is 171 Å². The summed E-state index contributed by atoms with van der Waals surface area (Å²) >= 11 is 2.98. The van der Waals surface area contributed by atoms with Crippen LogP contribution in [-0.2, 0) is 11.2 Å². The highest BCUT2D eigenvalue weighted by Crippen LogP contribution is 2.42. The number of hydrogen-bond acceptors (Lipinski definition) is 5. The van der Waals surface area contributed by atoms with Gasteiger partial charge >= 0.3 is 0 Å². The van der Waals surface area contributed by atoms with Gasteiger partial charge in [0, 0.05) is 17.9 Å². The van der Waals surface area contributed by atoms with Crippen molar-refractivity contribution in [2.24, 2.45) is 0 Å². The summed E-state index contributed by atoms with van der Waals surface area (Å²) < 4.78 is 5.21. The zero-order valence-corrected chi connectivity index (χ0v) is 16.7. The van der Waals surface area contributed by atoms with Crippen LogP contribution in [0.15, 0.2) is 70.9 Å². The summed E-state index contributed by atoms with van der Waals surface area (Å²) in [5.41, 5.74) is 2.07. The molecular weight excluding hydrogens is 392 g/mol. The number of thiophene rings is 1. The van der Waals surface area contributed by atoms with E-state index in [0.717, 1.165) is 12.0 Å². The van der Waals surface area contributed by atoms with Crippen LogP contribution >= 0.6 is 23.1 Å². The van der Waals surface area contributed by atoms with Gasteiger partial charge in [-0.1, -0.05) is 36.4 Å². The maximum Gasteiger partial charge on any atom is 0.265 e. The molecule has 1 N–H and O–H groups in total. The Morgan fingerprint density at radius 1 is 1.14 bits per heavy atom. The summed E-state index contributed by atoms with van der Waals surface area (Å²) in [5.74, 6) is 0.332. The first-order valence-electron chi connectivity index (χ1n) is 9.05. The highest BCUT2D eigenvalue weighted by molar-refractivity contribution is 7.99. The predicted octanol–water partition coefficient (Wildman–Crippen LogP) is 3.96. The number of nitrogens with zero attached hydrogens (tertiary/aromatic N) is 1. The van der Waals surface area contributed by atoms with Gasteiger partial charge in [0.1, 0.15) is 11.4 Å². The van der Waals surface area contributed by atoms with Crippen LogP contribution in [0.1, 0.15) is 26.2 Å². The summed E-state index contributed by atoms with van der Waals surface area (Å²) in [6, 6.07) is 15.0. The molecule has 2 atom stereocenters. The predicted molar refractivity (Wildman–Crippen MR) is 111 cm³/mol. The van der Waals surface area contributed by atoms with Gasteiger partial charge in [0.05, 0.1) is 17.4 Å². The molecule has 5 nitrogen and oxygen atoms in total. The van der Waals surface area contributed by atoms with Gasteiger partial charge in [0.2, 0.25) is 5.91 Å². The van der Waals surface area contributed by atoms with E-state index in [1.54, 1.807) is 35.3 Å². The van der Waals surface area contributed by atoms with E-state index in [4.69, 9.17) is 4.42 Å². The van der Waals surface area contributed by atoms with Crippen molar-refractivity contribution in [3.8, 4) is 0 Å². The lowest BCUT2D eigenvalue weighted by atomic mass is 10.1. The molecule has 1 fully saturated rings. The number of carbonyl (C=O) groups is 2. The quantitative estimate of drug-likeness (QED) is 0.666. The number of furan rings is 1. The van der Waals surface area contributed by atoms with Gasteiger partial charge < -0.3 is 14.6 Å². The van der Waals surface area contributed by atoms with Gasteiger partial charge in [0.25, 0.3) is 5.91 Å². The molecule has 2 unspecified atom stereocenters.